The second kappa shape index (κ2) is 5.67. The van der Waals surface area contributed by atoms with Crippen molar-refractivity contribution in [3.8, 4) is 5.75 Å². The Morgan fingerprint density at radius 3 is 2.64 bits per heavy atom. The van der Waals surface area contributed by atoms with Crippen LogP contribution in [-0.4, -0.2) is 5.97 Å². The molecule has 0 fully saturated rings. The van der Waals surface area contributed by atoms with E-state index in [0.29, 0.717) is 11.1 Å². The molecule has 1 aliphatic heterocycles. The third kappa shape index (κ3) is 2.49. The minimum absolute atomic E-state index is 0.0790. The summed E-state index contributed by atoms with van der Waals surface area (Å²) in [6, 6.07) is 6.32. The van der Waals surface area contributed by atoms with Crippen LogP contribution in [-0.2, 0) is 4.79 Å². The number of esters is 1. The van der Waals surface area contributed by atoms with Crippen LogP contribution in [0.5, 0.6) is 5.75 Å². The van der Waals surface area contributed by atoms with Crippen LogP contribution in [0.2, 0.25) is 5.02 Å². The van der Waals surface area contributed by atoms with Gasteiger partial charge in [0.1, 0.15) is 22.6 Å². The zero-order chi connectivity index (χ0) is 17.7. The lowest BCUT2D eigenvalue weighted by Gasteiger charge is -2.25. The molecule has 4 nitrogen and oxygen atoms in total. The summed E-state index contributed by atoms with van der Waals surface area (Å²) >= 11 is 5.80. The number of ether oxygens (including phenoxy) is 1. The molecule has 7 heteroatoms. The van der Waals surface area contributed by atoms with Crippen molar-refractivity contribution < 1.29 is 22.7 Å². The topological polar surface area (TPSA) is 56.5 Å². The molecule has 1 atom stereocenters. The van der Waals surface area contributed by atoms with Crippen LogP contribution in [0, 0.1) is 11.6 Å². The van der Waals surface area contributed by atoms with Crippen molar-refractivity contribution in [2.45, 2.75) is 12.3 Å². The van der Waals surface area contributed by atoms with Crippen molar-refractivity contribution >= 4 is 28.5 Å². The van der Waals surface area contributed by atoms with Gasteiger partial charge >= 0.3 is 5.97 Å². The number of rotatable bonds is 1. The maximum absolute atomic E-state index is 13.7. The molecule has 4 rings (SSSR count). The average molecular weight is 363 g/mol. The Morgan fingerprint density at radius 2 is 1.88 bits per heavy atom. The Kier molecular flexibility index (Phi) is 3.58. The fourth-order valence-electron chi connectivity index (χ4n) is 3.05. The van der Waals surface area contributed by atoms with E-state index in [-0.39, 0.29) is 28.2 Å². The summed E-state index contributed by atoms with van der Waals surface area (Å²) in [7, 11) is 0. The van der Waals surface area contributed by atoms with Gasteiger partial charge in [0.25, 0.3) is 0 Å². The standard InChI is InChI=1S/C18H9ClF2O4/c19-11-7-24-18-9(17(11)23)2-4-14-16(18)10(6-15(22)25-14)8-1-3-12(20)13(21)5-8/h1-5,7,10H,6H2/t10-/m1/s1. The first kappa shape index (κ1) is 15.8. The first-order chi connectivity index (χ1) is 12.0. The molecule has 0 spiro atoms. The highest BCUT2D eigenvalue weighted by molar-refractivity contribution is 6.30. The summed E-state index contributed by atoms with van der Waals surface area (Å²) in [5.41, 5.74) is 0.583. The molecule has 0 saturated heterocycles. The van der Waals surface area contributed by atoms with Gasteiger partial charge < -0.3 is 9.15 Å². The number of benzene rings is 2. The molecule has 1 aromatic heterocycles. The molecular formula is C18H9ClF2O4. The minimum Gasteiger partial charge on any atom is -0.462 e. The van der Waals surface area contributed by atoms with Crippen LogP contribution in [0.4, 0.5) is 8.78 Å². The number of halogens is 3. The average Bonchev–Trinajstić information content (AvgIpc) is 2.59. The maximum Gasteiger partial charge on any atom is 0.312 e. The Balaban J connectivity index is 2.02. The van der Waals surface area contributed by atoms with E-state index in [9.17, 15) is 18.4 Å². The lowest BCUT2D eigenvalue weighted by molar-refractivity contribution is -0.135. The number of fused-ring (bicyclic) bond motifs is 3. The van der Waals surface area contributed by atoms with Gasteiger partial charge in [0.05, 0.1) is 11.8 Å². The Labute approximate surface area is 144 Å². The smallest absolute Gasteiger partial charge is 0.312 e. The molecule has 1 aliphatic rings. The Hall–Kier alpha value is -2.73. The van der Waals surface area contributed by atoms with Crippen LogP contribution >= 0.6 is 11.6 Å². The van der Waals surface area contributed by atoms with E-state index >= 15 is 0 Å². The molecule has 0 radical (unpaired) electrons. The summed E-state index contributed by atoms with van der Waals surface area (Å²) in [4.78, 5) is 24.1. The molecule has 0 bridgehead atoms. The molecule has 2 aromatic carbocycles. The van der Waals surface area contributed by atoms with Gasteiger partial charge in [0, 0.05) is 11.5 Å². The predicted octanol–water partition coefficient (Wildman–Crippen LogP) is 4.17. The van der Waals surface area contributed by atoms with Gasteiger partial charge in [-0.25, -0.2) is 8.78 Å². The number of carbonyl (C=O) groups excluding carboxylic acids is 1. The lowest BCUT2D eigenvalue weighted by Crippen LogP contribution is -2.22. The van der Waals surface area contributed by atoms with E-state index in [0.717, 1.165) is 18.4 Å². The van der Waals surface area contributed by atoms with E-state index in [1.54, 1.807) is 0 Å². The second-order valence-electron chi connectivity index (χ2n) is 5.67. The van der Waals surface area contributed by atoms with Crippen molar-refractivity contribution in [1.82, 2.24) is 0 Å². The molecule has 0 N–H and O–H groups in total. The molecule has 0 saturated carbocycles. The van der Waals surface area contributed by atoms with Gasteiger partial charge in [-0.2, -0.15) is 0 Å². The second-order valence-corrected chi connectivity index (χ2v) is 6.08. The fraction of sp³-hybridized carbons (Fsp3) is 0.111. The fourth-order valence-corrected chi connectivity index (χ4v) is 3.19. The first-order valence-corrected chi connectivity index (χ1v) is 7.73. The van der Waals surface area contributed by atoms with Crippen LogP contribution in [0.3, 0.4) is 0 Å². The van der Waals surface area contributed by atoms with Crippen LogP contribution in [0.1, 0.15) is 23.5 Å². The van der Waals surface area contributed by atoms with E-state index in [1.807, 2.05) is 0 Å². The summed E-state index contributed by atoms with van der Waals surface area (Å²) in [5, 5.41) is 0.140. The van der Waals surface area contributed by atoms with Crippen molar-refractivity contribution in [3.63, 3.8) is 0 Å². The van der Waals surface area contributed by atoms with E-state index in [4.69, 9.17) is 20.8 Å². The lowest BCUT2D eigenvalue weighted by atomic mass is 9.85. The molecular weight excluding hydrogens is 354 g/mol. The van der Waals surface area contributed by atoms with E-state index in [2.05, 4.69) is 0 Å². The van der Waals surface area contributed by atoms with Gasteiger partial charge in [0.2, 0.25) is 5.43 Å². The molecule has 25 heavy (non-hydrogen) atoms. The normalized spacial score (nSPS) is 16.6. The van der Waals surface area contributed by atoms with Gasteiger partial charge in [-0.1, -0.05) is 17.7 Å². The zero-order valence-electron chi connectivity index (χ0n) is 12.5. The molecule has 126 valence electrons. The quantitative estimate of drug-likeness (QED) is 0.481. The maximum atomic E-state index is 13.7. The molecule has 0 aliphatic carbocycles. The van der Waals surface area contributed by atoms with Gasteiger partial charge in [-0.15, -0.1) is 0 Å². The molecule has 0 unspecified atom stereocenters. The van der Waals surface area contributed by atoms with Crippen LogP contribution in [0.15, 0.2) is 45.8 Å². The van der Waals surface area contributed by atoms with Crippen molar-refractivity contribution in [2.75, 3.05) is 0 Å². The molecule has 2 heterocycles. The van der Waals surface area contributed by atoms with E-state index in [1.165, 1.54) is 18.2 Å². The number of hydrogen-bond donors (Lipinski definition) is 0. The van der Waals surface area contributed by atoms with Crippen LogP contribution in [0.25, 0.3) is 11.0 Å². The summed E-state index contributed by atoms with van der Waals surface area (Å²) in [5.74, 6) is -2.96. The summed E-state index contributed by atoms with van der Waals surface area (Å²) in [6.45, 7) is 0. The monoisotopic (exact) mass is 362 g/mol. The first-order valence-electron chi connectivity index (χ1n) is 7.35. The van der Waals surface area contributed by atoms with E-state index < -0.39 is 29.0 Å². The number of carbonyl (C=O) groups is 1. The third-order valence-corrected chi connectivity index (χ3v) is 4.45. The highest BCUT2D eigenvalue weighted by Crippen LogP contribution is 2.42. The largest absolute Gasteiger partial charge is 0.462 e. The Morgan fingerprint density at radius 1 is 1.08 bits per heavy atom. The van der Waals surface area contributed by atoms with Crippen molar-refractivity contribution in [2.24, 2.45) is 0 Å². The SMILES string of the molecule is O=C1C[C@H](c2ccc(F)c(F)c2)c2c(ccc3c(=O)c(Cl)coc23)O1. The predicted molar refractivity (Wildman–Crippen MR) is 85.9 cm³/mol. The molecule has 3 aromatic rings. The molecule has 0 amide bonds. The highest BCUT2D eigenvalue weighted by Gasteiger charge is 2.32. The number of hydrogen-bond acceptors (Lipinski definition) is 4. The Bertz CT molecular complexity index is 1090. The summed E-state index contributed by atoms with van der Waals surface area (Å²) < 4.78 is 37.6. The van der Waals surface area contributed by atoms with Crippen molar-refractivity contribution in [1.29, 1.82) is 0 Å². The van der Waals surface area contributed by atoms with Crippen molar-refractivity contribution in [3.05, 3.63) is 74.6 Å². The van der Waals surface area contributed by atoms with Crippen LogP contribution < -0.4 is 10.2 Å². The zero-order valence-corrected chi connectivity index (χ0v) is 13.3. The van der Waals surface area contributed by atoms with Gasteiger partial charge in [0.15, 0.2) is 11.6 Å². The summed E-state index contributed by atoms with van der Waals surface area (Å²) in [6.07, 6.45) is 1.01. The minimum atomic E-state index is -1.03. The van der Waals surface area contributed by atoms with Gasteiger partial charge in [-0.3, -0.25) is 9.59 Å². The third-order valence-electron chi connectivity index (χ3n) is 4.19. The highest BCUT2D eigenvalue weighted by atomic mass is 35.5. The van der Waals surface area contributed by atoms with Gasteiger partial charge in [-0.05, 0) is 29.8 Å².